The molecule has 1 amide bonds. The number of ether oxygens (including phenoxy) is 1. The summed E-state index contributed by atoms with van der Waals surface area (Å²) >= 11 is 0. The molecule has 2 aliphatic rings. The van der Waals surface area contributed by atoms with Crippen molar-refractivity contribution in [2.75, 3.05) is 13.2 Å². The summed E-state index contributed by atoms with van der Waals surface area (Å²) in [7, 11) is -1.52. The average molecular weight is 408 g/mol. The van der Waals surface area contributed by atoms with Crippen LogP contribution in [0.2, 0.25) is 19.6 Å². The van der Waals surface area contributed by atoms with Crippen LogP contribution in [0.3, 0.4) is 0 Å². The van der Waals surface area contributed by atoms with Gasteiger partial charge in [-0.05, 0) is 38.0 Å². The molecule has 2 aromatic rings. The molecule has 0 aliphatic carbocycles. The molecular formula is C22H25N3O3Si. The highest BCUT2D eigenvalue weighted by Crippen LogP contribution is 2.40. The third-order valence-corrected chi connectivity index (χ3v) is 6.05. The van der Waals surface area contributed by atoms with Crippen molar-refractivity contribution in [1.29, 1.82) is 0 Å². The van der Waals surface area contributed by atoms with Crippen LogP contribution in [0, 0.1) is 11.5 Å². The number of benzene rings is 1. The van der Waals surface area contributed by atoms with Crippen molar-refractivity contribution in [3.05, 3.63) is 47.0 Å². The zero-order valence-electron chi connectivity index (χ0n) is 17.3. The molecule has 1 aromatic heterocycles. The molecule has 29 heavy (non-hydrogen) atoms. The van der Waals surface area contributed by atoms with Gasteiger partial charge in [0.05, 0.1) is 29.6 Å². The van der Waals surface area contributed by atoms with Crippen molar-refractivity contribution in [1.82, 2.24) is 14.5 Å². The van der Waals surface area contributed by atoms with Gasteiger partial charge in [-0.15, -0.1) is 5.54 Å². The molecule has 0 bridgehead atoms. The van der Waals surface area contributed by atoms with Gasteiger partial charge in [0, 0.05) is 12.1 Å². The number of fused-ring (bicyclic) bond motifs is 5. The van der Waals surface area contributed by atoms with Crippen LogP contribution in [0.1, 0.15) is 57.9 Å². The van der Waals surface area contributed by atoms with E-state index in [4.69, 9.17) is 4.74 Å². The molecule has 150 valence electrons. The second-order valence-corrected chi connectivity index (χ2v) is 13.2. The van der Waals surface area contributed by atoms with Gasteiger partial charge in [0.1, 0.15) is 14.4 Å². The Morgan fingerprint density at radius 3 is 2.86 bits per heavy atom. The van der Waals surface area contributed by atoms with Gasteiger partial charge in [0.25, 0.3) is 5.91 Å². The molecule has 2 aliphatic heterocycles. The molecule has 0 unspecified atom stereocenters. The molecule has 1 fully saturated rings. The Balaban J connectivity index is 1.88. The molecule has 1 aromatic carbocycles. The highest BCUT2D eigenvalue weighted by Gasteiger charge is 2.40. The first-order chi connectivity index (χ1) is 13.8. The van der Waals surface area contributed by atoms with Crippen LogP contribution in [0.15, 0.2) is 24.5 Å². The highest BCUT2D eigenvalue weighted by molar-refractivity contribution is 6.83. The van der Waals surface area contributed by atoms with E-state index in [1.165, 1.54) is 0 Å². The van der Waals surface area contributed by atoms with Gasteiger partial charge in [-0.2, -0.15) is 0 Å². The third-order valence-electron chi connectivity index (χ3n) is 5.17. The molecule has 0 saturated carbocycles. The van der Waals surface area contributed by atoms with E-state index in [0.717, 1.165) is 29.8 Å². The Labute approximate surface area is 171 Å². The Hall–Kier alpha value is -2.85. The molecule has 1 atom stereocenters. The number of imidazole rings is 1. The summed E-state index contributed by atoms with van der Waals surface area (Å²) in [5, 5.41) is 0. The van der Waals surface area contributed by atoms with Crippen molar-refractivity contribution in [2.45, 2.75) is 45.4 Å². The van der Waals surface area contributed by atoms with Crippen molar-refractivity contribution < 1.29 is 14.3 Å². The lowest BCUT2D eigenvalue weighted by atomic mass is 10.1. The lowest BCUT2D eigenvalue weighted by Crippen LogP contribution is -2.30. The van der Waals surface area contributed by atoms with Crippen molar-refractivity contribution in [3.8, 4) is 17.2 Å². The second kappa shape index (κ2) is 7.19. The number of aromatic nitrogens is 2. The monoisotopic (exact) mass is 407 g/mol. The van der Waals surface area contributed by atoms with Gasteiger partial charge in [-0.3, -0.25) is 9.36 Å². The minimum atomic E-state index is -1.52. The zero-order valence-corrected chi connectivity index (χ0v) is 18.3. The summed E-state index contributed by atoms with van der Waals surface area (Å²) in [5.41, 5.74) is 6.58. The predicted octanol–water partition coefficient (Wildman–Crippen LogP) is 3.57. The number of carbonyl (C=O) groups is 2. The number of carbonyl (C=O) groups excluding carboxylic acids is 2. The fourth-order valence-corrected chi connectivity index (χ4v) is 4.45. The van der Waals surface area contributed by atoms with Crippen LogP contribution in [0.4, 0.5) is 0 Å². The highest BCUT2D eigenvalue weighted by atomic mass is 28.3. The van der Waals surface area contributed by atoms with Gasteiger partial charge in [0.15, 0.2) is 5.69 Å². The van der Waals surface area contributed by atoms with E-state index in [1.807, 2.05) is 27.7 Å². The minimum absolute atomic E-state index is 0.0161. The quantitative estimate of drug-likeness (QED) is 0.434. The maximum atomic E-state index is 13.4. The average Bonchev–Trinajstić information content (AvgIpc) is 3.30. The van der Waals surface area contributed by atoms with E-state index < -0.39 is 14.0 Å². The Bertz CT molecular complexity index is 1060. The van der Waals surface area contributed by atoms with Gasteiger partial charge < -0.3 is 9.64 Å². The molecule has 0 radical (unpaired) electrons. The second-order valence-electron chi connectivity index (χ2n) is 8.46. The van der Waals surface area contributed by atoms with Gasteiger partial charge in [-0.1, -0.05) is 25.6 Å². The summed E-state index contributed by atoms with van der Waals surface area (Å²) in [4.78, 5) is 32.1. The third kappa shape index (κ3) is 3.49. The van der Waals surface area contributed by atoms with Gasteiger partial charge in [0.2, 0.25) is 0 Å². The number of nitrogens with zero attached hydrogens (tertiary/aromatic N) is 3. The number of amides is 1. The smallest absolute Gasteiger partial charge is 0.358 e. The predicted molar refractivity (Wildman–Crippen MR) is 113 cm³/mol. The number of esters is 1. The molecule has 7 heteroatoms. The van der Waals surface area contributed by atoms with E-state index in [-0.39, 0.29) is 18.6 Å². The maximum Gasteiger partial charge on any atom is 0.358 e. The molecule has 0 N–H and O–H groups in total. The number of hydrogen-bond donors (Lipinski definition) is 0. The van der Waals surface area contributed by atoms with Crippen LogP contribution < -0.4 is 0 Å². The van der Waals surface area contributed by atoms with Crippen molar-refractivity contribution >= 4 is 20.0 Å². The van der Waals surface area contributed by atoms with Crippen LogP contribution >= 0.6 is 0 Å². The molecular weight excluding hydrogens is 382 g/mol. The minimum Gasteiger partial charge on any atom is -0.461 e. The topological polar surface area (TPSA) is 64.4 Å². The first kappa shape index (κ1) is 19.5. The van der Waals surface area contributed by atoms with E-state index >= 15 is 0 Å². The summed E-state index contributed by atoms with van der Waals surface area (Å²) in [6, 6.07) is 5.54. The molecule has 4 rings (SSSR count). The van der Waals surface area contributed by atoms with Crippen LogP contribution in [0.25, 0.3) is 5.69 Å². The van der Waals surface area contributed by atoms with E-state index in [0.29, 0.717) is 17.8 Å². The van der Waals surface area contributed by atoms with Crippen molar-refractivity contribution in [2.24, 2.45) is 0 Å². The maximum absolute atomic E-state index is 13.4. The fourth-order valence-electron chi connectivity index (χ4n) is 3.93. The number of rotatable bonds is 2. The molecule has 1 saturated heterocycles. The summed E-state index contributed by atoms with van der Waals surface area (Å²) in [6.07, 6.45) is 3.33. The lowest BCUT2D eigenvalue weighted by Gasteiger charge is -2.22. The van der Waals surface area contributed by atoms with Crippen LogP contribution in [-0.4, -0.2) is 47.6 Å². The van der Waals surface area contributed by atoms with Gasteiger partial charge in [-0.25, -0.2) is 9.78 Å². The Morgan fingerprint density at radius 2 is 2.14 bits per heavy atom. The van der Waals surface area contributed by atoms with Gasteiger partial charge >= 0.3 is 5.97 Å². The lowest BCUT2D eigenvalue weighted by molar-refractivity contribution is 0.0513. The zero-order chi connectivity index (χ0) is 20.8. The molecule has 6 nitrogen and oxygen atoms in total. The summed E-state index contributed by atoms with van der Waals surface area (Å²) in [5.74, 6) is 2.78. The molecule has 0 spiro atoms. The first-order valence-corrected chi connectivity index (χ1v) is 13.5. The largest absolute Gasteiger partial charge is 0.461 e. The fraction of sp³-hybridized carbons (Fsp3) is 0.409. The SMILES string of the molecule is CCOC(=O)c1ncn2c1[C@H]1CCCN1C(=O)c1cc(C#C[Si](C)(C)C)ccc1-2. The Morgan fingerprint density at radius 1 is 1.34 bits per heavy atom. The van der Waals surface area contributed by atoms with E-state index in [1.54, 1.807) is 13.3 Å². The Kier molecular flexibility index (Phi) is 4.83. The number of hydrogen-bond acceptors (Lipinski definition) is 4. The normalized spacial score (nSPS) is 17.6. The first-order valence-electron chi connectivity index (χ1n) is 10.0. The summed E-state index contributed by atoms with van der Waals surface area (Å²) < 4.78 is 7.09. The van der Waals surface area contributed by atoms with Crippen LogP contribution in [-0.2, 0) is 4.74 Å². The summed E-state index contributed by atoms with van der Waals surface area (Å²) in [6.45, 7) is 9.31. The van der Waals surface area contributed by atoms with Crippen LogP contribution in [0.5, 0.6) is 0 Å². The van der Waals surface area contributed by atoms with E-state index in [2.05, 4.69) is 36.1 Å². The van der Waals surface area contributed by atoms with Crippen molar-refractivity contribution in [3.63, 3.8) is 0 Å². The van der Waals surface area contributed by atoms with E-state index in [9.17, 15) is 9.59 Å². The molecule has 3 heterocycles. The standard InChI is InChI=1S/C22H25N3O3Si/c1-5-28-22(27)19-20-18-7-6-11-24(18)21(26)16-13-15(10-12-29(2,3)4)8-9-17(16)25(20)14-23-19/h8-9,13-14,18H,5-7,11H2,1-4H3/t18-/m1/s1.